The minimum absolute atomic E-state index is 0.169. The number of anilines is 1. The number of hydrogen-bond donors (Lipinski definition) is 0. The molecule has 0 aromatic heterocycles. The van der Waals surface area contributed by atoms with E-state index >= 15 is 0 Å². The second-order valence-corrected chi connectivity index (χ2v) is 5.26. The molecule has 134 valence electrons. The number of likely N-dealkylation sites (tertiary alicyclic amines) is 1. The van der Waals surface area contributed by atoms with Gasteiger partial charge in [0.25, 0.3) is 0 Å². The van der Waals surface area contributed by atoms with Crippen molar-refractivity contribution in [3.8, 4) is 0 Å². The van der Waals surface area contributed by atoms with Gasteiger partial charge in [-0.25, -0.2) is 4.79 Å². The molecule has 5 heteroatoms. The molecule has 2 heterocycles. The number of rotatable bonds is 1. The van der Waals surface area contributed by atoms with Crippen LogP contribution in [0.3, 0.4) is 0 Å². The van der Waals surface area contributed by atoms with E-state index in [-0.39, 0.29) is 18.0 Å². The van der Waals surface area contributed by atoms with Crippen LogP contribution in [0.5, 0.6) is 0 Å². The van der Waals surface area contributed by atoms with E-state index in [0.717, 1.165) is 24.1 Å². The van der Waals surface area contributed by atoms with Gasteiger partial charge in [0, 0.05) is 24.8 Å². The number of carbonyl (C=O) groups excluding carboxylic acids is 2. The standard InChI is InChI=1S/C15H18N2O3.2C2H6/c1-20-15(19)16-8-6-12(7-9-16)17-13-5-3-2-4-11(13)10-14(17)18;2*1-2/h2-5,12H,6-10H2,1H3;2*1-2H3. The number of amides is 2. The fraction of sp³-hybridized carbons (Fsp3) is 0.579. The van der Waals surface area contributed by atoms with Crippen molar-refractivity contribution in [2.75, 3.05) is 25.1 Å². The van der Waals surface area contributed by atoms with Crippen LogP contribution >= 0.6 is 0 Å². The number of para-hydroxylation sites is 1. The first-order chi connectivity index (χ1) is 11.7. The minimum atomic E-state index is -0.281. The second kappa shape index (κ2) is 9.96. The number of nitrogens with zero attached hydrogens (tertiary/aromatic N) is 2. The van der Waals surface area contributed by atoms with E-state index in [2.05, 4.69) is 0 Å². The molecule has 0 saturated carbocycles. The molecule has 0 radical (unpaired) electrons. The number of benzene rings is 1. The van der Waals surface area contributed by atoms with Gasteiger partial charge in [0.15, 0.2) is 0 Å². The third-order valence-electron chi connectivity index (χ3n) is 4.12. The Bertz CT molecular complexity index is 537. The topological polar surface area (TPSA) is 49.9 Å². The molecule has 1 aromatic carbocycles. The number of methoxy groups -OCH3 is 1. The fourth-order valence-corrected chi connectivity index (χ4v) is 3.11. The van der Waals surface area contributed by atoms with Crippen LogP contribution in [0.4, 0.5) is 10.5 Å². The third kappa shape index (κ3) is 4.28. The Balaban J connectivity index is 0.000000671. The Morgan fingerprint density at radius 3 is 2.25 bits per heavy atom. The Kier molecular flexibility index (Phi) is 8.30. The molecule has 24 heavy (non-hydrogen) atoms. The van der Waals surface area contributed by atoms with E-state index in [1.165, 1.54) is 7.11 Å². The highest BCUT2D eigenvalue weighted by atomic mass is 16.5. The van der Waals surface area contributed by atoms with Gasteiger partial charge in [-0.05, 0) is 24.5 Å². The van der Waals surface area contributed by atoms with Gasteiger partial charge in [0.1, 0.15) is 0 Å². The minimum Gasteiger partial charge on any atom is -0.453 e. The van der Waals surface area contributed by atoms with Crippen LogP contribution in [0.25, 0.3) is 0 Å². The molecule has 2 aliphatic heterocycles. The van der Waals surface area contributed by atoms with Gasteiger partial charge in [-0.1, -0.05) is 45.9 Å². The maximum atomic E-state index is 12.2. The zero-order valence-electron chi connectivity index (χ0n) is 15.5. The van der Waals surface area contributed by atoms with Crippen molar-refractivity contribution >= 4 is 17.7 Å². The lowest BCUT2D eigenvalue weighted by atomic mass is 10.0. The Morgan fingerprint density at radius 2 is 1.67 bits per heavy atom. The van der Waals surface area contributed by atoms with Gasteiger partial charge in [-0.2, -0.15) is 0 Å². The Morgan fingerprint density at radius 1 is 1.08 bits per heavy atom. The molecule has 1 fully saturated rings. The van der Waals surface area contributed by atoms with E-state index in [1.807, 2.05) is 56.9 Å². The summed E-state index contributed by atoms with van der Waals surface area (Å²) in [5.74, 6) is 0.169. The van der Waals surface area contributed by atoms with E-state index in [4.69, 9.17) is 4.74 Å². The highest BCUT2D eigenvalue weighted by Crippen LogP contribution is 2.33. The lowest BCUT2D eigenvalue weighted by molar-refractivity contribution is -0.118. The summed E-state index contributed by atoms with van der Waals surface area (Å²) < 4.78 is 4.73. The Labute approximate surface area is 145 Å². The van der Waals surface area contributed by atoms with Crippen molar-refractivity contribution in [3.63, 3.8) is 0 Å². The molecule has 0 spiro atoms. The van der Waals surface area contributed by atoms with E-state index in [1.54, 1.807) is 4.90 Å². The fourth-order valence-electron chi connectivity index (χ4n) is 3.11. The molecule has 2 amide bonds. The van der Waals surface area contributed by atoms with Crippen LogP contribution in [0.2, 0.25) is 0 Å². The maximum Gasteiger partial charge on any atom is 0.409 e. The predicted molar refractivity (Wildman–Crippen MR) is 97.3 cm³/mol. The molecule has 1 aromatic rings. The van der Waals surface area contributed by atoms with Crippen molar-refractivity contribution in [2.45, 2.75) is 53.0 Å². The van der Waals surface area contributed by atoms with Crippen molar-refractivity contribution in [3.05, 3.63) is 29.8 Å². The monoisotopic (exact) mass is 334 g/mol. The summed E-state index contributed by atoms with van der Waals surface area (Å²) in [5.41, 5.74) is 2.14. The lowest BCUT2D eigenvalue weighted by Crippen LogP contribution is -2.47. The highest BCUT2D eigenvalue weighted by Gasteiger charge is 2.35. The molecular formula is C19H30N2O3. The predicted octanol–water partition coefficient (Wildman–Crippen LogP) is 3.86. The van der Waals surface area contributed by atoms with Crippen molar-refractivity contribution < 1.29 is 14.3 Å². The van der Waals surface area contributed by atoms with Crippen molar-refractivity contribution in [2.24, 2.45) is 0 Å². The largest absolute Gasteiger partial charge is 0.453 e. The molecule has 0 N–H and O–H groups in total. The van der Waals surface area contributed by atoms with Gasteiger partial charge < -0.3 is 14.5 Å². The molecule has 0 aliphatic carbocycles. The van der Waals surface area contributed by atoms with Crippen molar-refractivity contribution in [1.82, 2.24) is 4.90 Å². The molecule has 3 rings (SSSR count). The van der Waals surface area contributed by atoms with Crippen molar-refractivity contribution in [1.29, 1.82) is 0 Å². The zero-order chi connectivity index (χ0) is 18.1. The van der Waals surface area contributed by atoms with Crippen LogP contribution in [-0.4, -0.2) is 43.1 Å². The molecule has 0 bridgehead atoms. The quantitative estimate of drug-likeness (QED) is 0.783. The molecular weight excluding hydrogens is 304 g/mol. The van der Waals surface area contributed by atoms with Gasteiger partial charge in [0.05, 0.1) is 13.5 Å². The summed E-state index contributed by atoms with van der Waals surface area (Å²) in [5, 5.41) is 0. The number of fused-ring (bicyclic) bond motifs is 1. The molecule has 0 atom stereocenters. The maximum absolute atomic E-state index is 12.2. The number of ether oxygens (including phenoxy) is 1. The van der Waals surface area contributed by atoms with E-state index in [0.29, 0.717) is 19.5 Å². The number of piperidine rings is 1. The van der Waals surface area contributed by atoms with Crippen LogP contribution in [0, 0.1) is 0 Å². The first-order valence-electron chi connectivity index (χ1n) is 8.93. The average molecular weight is 334 g/mol. The summed E-state index contributed by atoms with van der Waals surface area (Å²) in [6, 6.07) is 8.14. The van der Waals surface area contributed by atoms with Gasteiger partial charge in [-0.15, -0.1) is 0 Å². The second-order valence-electron chi connectivity index (χ2n) is 5.26. The third-order valence-corrected chi connectivity index (χ3v) is 4.12. The number of carbonyl (C=O) groups is 2. The first-order valence-corrected chi connectivity index (χ1v) is 8.93. The van der Waals surface area contributed by atoms with Gasteiger partial charge in [-0.3, -0.25) is 4.79 Å². The van der Waals surface area contributed by atoms with Crippen LogP contribution in [0.1, 0.15) is 46.1 Å². The molecule has 1 saturated heterocycles. The highest BCUT2D eigenvalue weighted by molar-refractivity contribution is 6.01. The Hall–Kier alpha value is -2.04. The van der Waals surface area contributed by atoms with Crippen LogP contribution in [0.15, 0.2) is 24.3 Å². The SMILES string of the molecule is CC.CC.COC(=O)N1CCC(N2C(=O)Cc3ccccc32)CC1. The van der Waals surface area contributed by atoms with E-state index in [9.17, 15) is 9.59 Å². The summed E-state index contributed by atoms with van der Waals surface area (Å²) >= 11 is 0. The van der Waals surface area contributed by atoms with E-state index < -0.39 is 0 Å². The smallest absolute Gasteiger partial charge is 0.409 e. The summed E-state index contributed by atoms with van der Waals surface area (Å²) in [6.45, 7) is 9.28. The lowest BCUT2D eigenvalue weighted by Gasteiger charge is -2.36. The summed E-state index contributed by atoms with van der Waals surface area (Å²) in [7, 11) is 1.40. The van der Waals surface area contributed by atoms with Crippen LogP contribution in [-0.2, 0) is 16.0 Å². The molecule has 0 unspecified atom stereocenters. The molecule has 2 aliphatic rings. The molecule has 5 nitrogen and oxygen atoms in total. The summed E-state index contributed by atoms with van der Waals surface area (Å²) in [4.78, 5) is 27.3. The van der Waals surface area contributed by atoms with Gasteiger partial charge in [0.2, 0.25) is 5.91 Å². The average Bonchev–Trinajstić information content (AvgIpc) is 3.00. The normalized spacial score (nSPS) is 16.5. The summed E-state index contributed by atoms with van der Waals surface area (Å²) in [6.07, 6.45) is 1.81. The zero-order valence-corrected chi connectivity index (χ0v) is 15.5. The van der Waals surface area contributed by atoms with Gasteiger partial charge >= 0.3 is 6.09 Å². The first kappa shape index (κ1) is 20.0. The number of hydrogen-bond acceptors (Lipinski definition) is 3. The van der Waals surface area contributed by atoms with Crippen LogP contribution < -0.4 is 4.90 Å².